The second-order valence-electron chi connectivity index (χ2n) is 3.50. The van der Waals surface area contributed by atoms with Crippen LogP contribution in [0.25, 0.3) is 5.57 Å². The zero-order valence-corrected chi connectivity index (χ0v) is 8.13. The van der Waals surface area contributed by atoms with Gasteiger partial charge in [0.15, 0.2) is 0 Å². The predicted octanol–water partition coefficient (Wildman–Crippen LogP) is 2.93. The molecule has 1 aliphatic rings. The molecule has 1 aromatic carbocycles. The summed E-state index contributed by atoms with van der Waals surface area (Å²) < 4.78 is 5.50. The first kappa shape index (κ1) is 8.52. The lowest BCUT2D eigenvalue weighted by molar-refractivity contribution is 0.150. The molecule has 0 aromatic heterocycles. The van der Waals surface area contributed by atoms with Crippen LogP contribution in [0.2, 0.25) is 0 Å². The summed E-state index contributed by atoms with van der Waals surface area (Å²) in [6.45, 7) is 5.77. The molecule has 0 amide bonds. The van der Waals surface area contributed by atoms with Gasteiger partial charge in [0, 0.05) is 0 Å². The van der Waals surface area contributed by atoms with E-state index in [-0.39, 0.29) is 0 Å². The maximum Gasteiger partial charge on any atom is 0.0729 e. The summed E-state index contributed by atoms with van der Waals surface area (Å²) in [4.78, 5) is 0. The first-order valence-electron chi connectivity index (χ1n) is 4.62. The molecular formula is C12H14O. The second-order valence-corrected chi connectivity index (χ2v) is 3.50. The van der Waals surface area contributed by atoms with Gasteiger partial charge in [-0.25, -0.2) is 0 Å². The summed E-state index contributed by atoms with van der Waals surface area (Å²) in [5.74, 6) is 0. The summed E-state index contributed by atoms with van der Waals surface area (Å²) in [5.41, 5.74) is 5.34. The van der Waals surface area contributed by atoms with Crippen LogP contribution in [-0.2, 0) is 11.3 Å². The van der Waals surface area contributed by atoms with Crippen molar-refractivity contribution >= 4 is 5.57 Å². The van der Waals surface area contributed by atoms with Gasteiger partial charge in [0.05, 0.1) is 13.2 Å². The number of rotatable bonds is 0. The van der Waals surface area contributed by atoms with E-state index >= 15 is 0 Å². The molecule has 1 nitrogen and oxygen atoms in total. The van der Waals surface area contributed by atoms with Crippen LogP contribution in [0.15, 0.2) is 24.3 Å². The summed E-state index contributed by atoms with van der Waals surface area (Å²) in [6, 6.07) is 6.42. The van der Waals surface area contributed by atoms with Gasteiger partial charge in [0.2, 0.25) is 0 Å². The second kappa shape index (κ2) is 3.35. The van der Waals surface area contributed by atoms with E-state index in [4.69, 9.17) is 4.74 Å². The lowest BCUT2D eigenvalue weighted by Gasteiger charge is -2.09. The standard InChI is InChI=1S/C12H14O/c1-9-4-3-5-11-10(2)6-7-13-8-12(9)11/h3-6H,7-8H2,1-2H3. The van der Waals surface area contributed by atoms with Gasteiger partial charge in [-0.2, -0.15) is 0 Å². The molecule has 0 fully saturated rings. The molecule has 0 bridgehead atoms. The summed E-state index contributed by atoms with van der Waals surface area (Å²) in [5, 5.41) is 0. The number of allylic oxidation sites excluding steroid dienone is 1. The molecule has 13 heavy (non-hydrogen) atoms. The van der Waals surface area contributed by atoms with Gasteiger partial charge >= 0.3 is 0 Å². The minimum Gasteiger partial charge on any atom is -0.373 e. The molecule has 2 rings (SSSR count). The van der Waals surface area contributed by atoms with E-state index in [9.17, 15) is 0 Å². The maximum atomic E-state index is 5.50. The number of fused-ring (bicyclic) bond motifs is 1. The van der Waals surface area contributed by atoms with E-state index in [1.807, 2.05) is 0 Å². The molecule has 0 saturated carbocycles. The summed E-state index contributed by atoms with van der Waals surface area (Å²) >= 11 is 0. The topological polar surface area (TPSA) is 9.23 Å². The Morgan fingerprint density at radius 1 is 1.23 bits per heavy atom. The van der Waals surface area contributed by atoms with Gasteiger partial charge in [-0.05, 0) is 36.1 Å². The van der Waals surface area contributed by atoms with Crippen molar-refractivity contribution in [1.82, 2.24) is 0 Å². The van der Waals surface area contributed by atoms with Gasteiger partial charge in [0.25, 0.3) is 0 Å². The van der Waals surface area contributed by atoms with Crippen LogP contribution in [-0.4, -0.2) is 6.61 Å². The lowest BCUT2D eigenvalue weighted by Crippen LogP contribution is -1.95. The molecule has 68 valence electrons. The van der Waals surface area contributed by atoms with Crippen molar-refractivity contribution in [2.24, 2.45) is 0 Å². The highest BCUT2D eigenvalue weighted by molar-refractivity contribution is 5.68. The molecular weight excluding hydrogens is 160 g/mol. The minimum absolute atomic E-state index is 0.736. The third kappa shape index (κ3) is 1.52. The lowest BCUT2D eigenvalue weighted by atomic mass is 9.98. The highest BCUT2D eigenvalue weighted by Crippen LogP contribution is 2.24. The summed E-state index contributed by atoms with van der Waals surface area (Å²) in [7, 11) is 0. The van der Waals surface area contributed by atoms with Crippen LogP contribution in [0.5, 0.6) is 0 Å². The number of hydrogen-bond acceptors (Lipinski definition) is 1. The van der Waals surface area contributed by atoms with Crippen LogP contribution in [0.3, 0.4) is 0 Å². The van der Waals surface area contributed by atoms with Crippen LogP contribution < -0.4 is 0 Å². The normalized spacial score (nSPS) is 16.0. The molecule has 0 atom stereocenters. The first-order chi connectivity index (χ1) is 6.29. The van der Waals surface area contributed by atoms with Crippen LogP contribution >= 0.6 is 0 Å². The van der Waals surface area contributed by atoms with Crippen molar-refractivity contribution in [1.29, 1.82) is 0 Å². The quantitative estimate of drug-likeness (QED) is 0.587. The van der Waals surface area contributed by atoms with E-state index in [0.717, 1.165) is 13.2 Å². The van der Waals surface area contributed by atoms with Crippen LogP contribution in [0, 0.1) is 6.92 Å². The smallest absolute Gasteiger partial charge is 0.0729 e. The molecule has 0 aliphatic carbocycles. The zero-order chi connectivity index (χ0) is 9.26. The van der Waals surface area contributed by atoms with Crippen molar-refractivity contribution in [3.8, 4) is 0 Å². The Hall–Kier alpha value is -1.08. The van der Waals surface area contributed by atoms with Crippen molar-refractivity contribution in [3.63, 3.8) is 0 Å². The van der Waals surface area contributed by atoms with E-state index in [1.54, 1.807) is 0 Å². The van der Waals surface area contributed by atoms with Crippen LogP contribution in [0.4, 0.5) is 0 Å². The molecule has 1 heteroatoms. The fourth-order valence-electron chi connectivity index (χ4n) is 1.72. The molecule has 0 unspecified atom stereocenters. The predicted molar refractivity (Wildman–Crippen MR) is 54.5 cm³/mol. The number of benzene rings is 1. The SMILES string of the molecule is CC1=CCOCc2c(C)cccc21. The monoisotopic (exact) mass is 174 g/mol. The van der Waals surface area contributed by atoms with Gasteiger partial charge in [-0.15, -0.1) is 0 Å². The fourth-order valence-corrected chi connectivity index (χ4v) is 1.72. The average Bonchev–Trinajstić information content (AvgIpc) is 2.30. The molecule has 0 radical (unpaired) electrons. The molecule has 1 aliphatic heterocycles. The Balaban J connectivity index is 2.58. The molecule has 0 saturated heterocycles. The van der Waals surface area contributed by atoms with Crippen molar-refractivity contribution in [3.05, 3.63) is 41.0 Å². The highest BCUT2D eigenvalue weighted by Gasteiger charge is 2.09. The Morgan fingerprint density at radius 2 is 2.08 bits per heavy atom. The molecule has 1 aromatic rings. The number of hydrogen-bond donors (Lipinski definition) is 0. The minimum atomic E-state index is 0.736. The Bertz CT molecular complexity index is 350. The van der Waals surface area contributed by atoms with E-state index < -0.39 is 0 Å². The number of aryl methyl sites for hydroxylation is 1. The number of ether oxygens (including phenoxy) is 1. The van der Waals surface area contributed by atoms with E-state index in [1.165, 1.54) is 22.3 Å². The largest absolute Gasteiger partial charge is 0.373 e. The van der Waals surface area contributed by atoms with Crippen molar-refractivity contribution in [2.45, 2.75) is 20.5 Å². The Labute approximate surface area is 79.0 Å². The summed E-state index contributed by atoms with van der Waals surface area (Å²) in [6.07, 6.45) is 2.14. The third-order valence-electron chi connectivity index (χ3n) is 2.59. The first-order valence-corrected chi connectivity index (χ1v) is 4.62. The van der Waals surface area contributed by atoms with Gasteiger partial charge < -0.3 is 4.74 Å². The molecule has 1 heterocycles. The van der Waals surface area contributed by atoms with E-state index in [0.29, 0.717) is 0 Å². The highest BCUT2D eigenvalue weighted by atomic mass is 16.5. The van der Waals surface area contributed by atoms with Gasteiger partial charge in [-0.3, -0.25) is 0 Å². The van der Waals surface area contributed by atoms with Crippen molar-refractivity contribution < 1.29 is 4.74 Å². The van der Waals surface area contributed by atoms with Crippen molar-refractivity contribution in [2.75, 3.05) is 6.61 Å². The third-order valence-corrected chi connectivity index (χ3v) is 2.59. The maximum absolute atomic E-state index is 5.50. The fraction of sp³-hybridized carbons (Fsp3) is 0.333. The van der Waals surface area contributed by atoms with E-state index in [2.05, 4.69) is 38.1 Å². The molecule has 0 N–H and O–H groups in total. The van der Waals surface area contributed by atoms with Gasteiger partial charge in [-0.1, -0.05) is 24.3 Å². The average molecular weight is 174 g/mol. The van der Waals surface area contributed by atoms with Gasteiger partial charge in [0.1, 0.15) is 0 Å². The van der Waals surface area contributed by atoms with Crippen LogP contribution in [0.1, 0.15) is 23.6 Å². The Morgan fingerprint density at radius 3 is 2.92 bits per heavy atom. The Kier molecular flexibility index (Phi) is 2.19. The zero-order valence-electron chi connectivity index (χ0n) is 8.13. The molecule has 0 spiro atoms.